The highest BCUT2D eigenvalue weighted by atomic mass is 16.5. The predicted molar refractivity (Wildman–Crippen MR) is 105 cm³/mol. The number of nitrogens with zero attached hydrogens (tertiary/aromatic N) is 2. The van der Waals surface area contributed by atoms with E-state index < -0.39 is 0 Å². The fraction of sp³-hybridized carbons (Fsp3) is 0.273. The fourth-order valence-electron chi connectivity index (χ4n) is 3.44. The maximum absolute atomic E-state index is 12.9. The molecule has 1 saturated heterocycles. The van der Waals surface area contributed by atoms with Gasteiger partial charge in [-0.25, -0.2) is 4.98 Å². The van der Waals surface area contributed by atoms with Crippen LogP contribution in [0.4, 0.5) is 0 Å². The number of oxazole rings is 1. The molecular formula is C22H22N2O4. The molecule has 1 aromatic heterocycles. The van der Waals surface area contributed by atoms with E-state index in [1.807, 2.05) is 30.3 Å². The lowest BCUT2D eigenvalue weighted by Gasteiger charge is -2.25. The molecule has 0 unspecified atom stereocenters. The molecule has 2 heterocycles. The zero-order chi connectivity index (χ0) is 19.5. The maximum Gasteiger partial charge on any atom is 0.309 e. The number of rotatable bonds is 4. The summed E-state index contributed by atoms with van der Waals surface area (Å²) < 4.78 is 11.1. The molecule has 3 aromatic rings. The molecule has 6 nitrogen and oxygen atoms in total. The van der Waals surface area contributed by atoms with Crippen LogP contribution >= 0.6 is 0 Å². The van der Waals surface area contributed by atoms with Crippen molar-refractivity contribution in [2.24, 2.45) is 0 Å². The van der Waals surface area contributed by atoms with Crippen LogP contribution in [0, 0.1) is 0 Å². The molecule has 4 rings (SSSR count). The summed E-state index contributed by atoms with van der Waals surface area (Å²) in [5.74, 6) is 1.01. The first-order valence-electron chi connectivity index (χ1n) is 9.40. The number of ether oxygens (including phenoxy) is 1. The second-order valence-electron chi connectivity index (χ2n) is 6.80. The molecule has 0 aliphatic carbocycles. The van der Waals surface area contributed by atoms with Gasteiger partial charge < -0.3 is 19.2 Å². The van der Waals surface area contributed by atoms with E-state index in [2.05, 4.69) is 4.98 Å². The molecule has 1 fully saturated rings. The molecule has 0 saturated carbocycles. The average molecular weight is 378 g/mol. The van der Waals surface area contributed by atoms with E-state index in [4.69, 9.17) is 9.15 Å². The third-order valence-corrected chi connectivity index (χ3v) is 4.97. The number of aromatic nitrogens is 1. The summed E-state index contributed by atoms with van der Waals surface area (Å²) >= 11 is 0. The highest BCUT2D eigenvalue weighted by Crippen LogP contribution is 2.38. The van der Waals surface area contributed by atoms with Crippen LogP contribution in [0.2, 0.25) is 0 Å². The van der Waals surface area contributed by atoms with E-state index >= 15 is 0 Å². The summed E-state index contributed by atoms with van der Waals surface area (Å²) in [7, 11) is 1.61. The second kappa shape index (κ2) is 7.76. The molecule has 1 N–H and O–H groups in total. The zero-order valence-electron chi connectivity index (χ0n) is 15.7. The van der Waals surface area contributed by atoms with Gasteiger partial charge in [-0.05, 0) is 55.7 Å². The van der Waals surface area contributed by atoms with E-state index in [0.717, 1.165) is 30.6 Å². The number of hydrogen-bond donors (Lipinski definition) is 1. The number of amides is 1. The van der Waals surface area contributed by atoms with Gasteiger partial charge in [0.1, 0.15) is 17.2 Å². The zero-order valence-corrected chi connectivity index (χ0v) is 15.7. The molecule has 1 amide bonds. The van der Waals surface area contributed by atoms with E-state index in [-0.39, 0.29) is 17.5 Å². The van der Waals surface area contributed by atoms with Gasteiger partial charge >= 0.3 is 5.91 Å². The van der Waals surface area contributed by atoms with Crippen LogP contribution in [0.5, 0.6) is 11.5 Å². The van der Waals surface area contributed by atoms with Crippen molar-refractivity contribution in [3.05, 3.63) is 54.4 Å². The van der Waals surface area contributed by atoms with Crippen LogP contribution in [0.1, 0.15) is 29.9 Å². The van der Waals surface area contributed by atoms with Gasteiger partial charge in [0.2, 0.25) is 0 Å². The van der Waals surface area contributed by atoms with E-state index in [9.17, 15) is 9.90 Å². The van der Waals surface area contributed by atoms with Crippen molar-refractivity contribution in [2.45, 2.75) is 19.3 Å². The summed E-state index contributed by atoms with van der Waals surface area (Å²) in [5.41, 5.74) is 1.79. The molecule has 6 heteroatoms. The first kappa shape index (κ1) is 18.1. The lowest BCUT2D eigenvalue weighted by molar-refractivity contribution is 0.0685. The number of likely N-dealkylation sites (tertiary alicyclic amines) is 1. The summed E-state index contributed by atoms with van der Waals surface area (Å²) in [5, 5.41) is 10.3. The number of hydrogen-bond acceptors (Lipinski definition) is 5. The SMILES string of the molecule is COc1ccc(-c2nc(C(=O)N3CCCCC3)oc2-c2ccccc2O)cc1. The number of aromatic hydroxyl groups is 1. The smallest absolute Gasteiger partial charge is 0.309 e. The Kier molecular flexibility index (Phi) is 5.02. The third-order valence-electron chi connectivity index (χ3n) is 4.97. The normalized spacial score (nSPS) is 14.1. The second-order valence-corrected chi connectivity index (χ2v) is 6.80. The van der Waals surface area contributed by atoms with Gasteiger partial charge in [-0.2, -0.15) is 0 Å². The largest absolute Gasteiger partial charge is 0.507 e. The first-order valence-corrected chi connectivity index (χ1v) is 9.40. The van der Waals surface area contributed by atoms with Crippen molar-refractivity contribution in [3.63, 3.8) is 0 Å². The number of piperidine rings is 1. The Hall–Kier alpha value is -3.28. The number of benzene rings is 2. The Balaban J connectivity index is 1.79. The number of phenols is 1. The predicted octanol–water partition coefficient (Wildman–Crippen LogP) is 4.35. The Morgan fingerprint density at radius 2 is 1.79 bits per heavy atom. The topological polar surface area (TPSA) is 75.8 Å². The number of carbonyl (C=O) groups is 1. The Morgan fingerprint density at radius 1 is 1.07 bits per heavy atom. The minimum atomic E-state index is -0.212. The summed E-state index contributed by atoms with van der Waals surface area (Å²) in [6.07, 6.45) is 3.11. The quantitative estimate of drug-likeness (QED) is 0.730. The number of phenolic OH excluding ortho intramolecular Hbond substituents is 1. The van der Waals surface area contributed by atoms with Crippen LogP contribution in [0.3, 0.4) is 0 Å². The van der Waals surface area contributed by atoms with E-state index in [1.54, 1.807) is 30.2 Å². The van der Waals surface area contributed by atoms with Gasteiger partial charge in [-0.15, -0.1) is 0 Å². The summed E-state index contributed by atoms with van der Waals surface area (Å²) in [4.78, 5) is 19.2. The highest BCUT2D eigenvalue weighted by molar-refractivity contribution is 5.92. The molecular weight excluding hydrogens is 356 g/mol. The van der Waals surface area contributed by atoms with Gasteiger partial charge in [0.05, 0.1) is 12.7 Å². The highest BCUT2D eigenvalue weighted by Gasteiger charge is 2.27. The molecule has 0 radical (unpaired) electrons. The van der Waals surface area contributed by atoms with E-state index in [0.29, 0.717) is 30.1 Å². The molecule has 2 aromatic carbocycles. The standard InChI is InChI=1S/C22H22N2O4/c1-27-16-11-9-15(10-12-16)19-20(17-7-3-4-8-18(17)25)28-21(23-19)22(26)24-13-5-2-6-14-24/h3-4,7-12,25H,2,5-6,13-14H2,1H3. The van der Waals surface area contributed by atoms with Crippen molar-refractivity contribution < 1.29 is 19.1 Å². The van der Waals surface area contributed by atoms with Crippen molar-refractivity contribution in [1.29, 1.82) is 0 Å². The Bertz CT molecular complexity index is 972. The lowest BCUT2D eigenvalue weighted by atomic mass is 10.1. The molecule has 0 atom stereocenters. The van der Waals surface area contributed by atoms with Crippen LogP contribution in [0.25, 0.3) is 22.6 Å². The average Bonchev–Trinajstić information content (AvgIpc) is 3.19. The van der Waals surface area contributed by atoms with Crippen LogP contribution in [-0.2, 0) is 0 Å². The van der Waals surface area contributed by atoms with Crippen LogP contribution < -0.4 is 4.74 Å². The number of methoxy groups -OCH3 is 1. The molecule has 1 aliphatic rings. The summed E-state index contributed by atoms with van der Waals surface area (Å²) in [6, 6.07) is 14.2. The molecule has 0 spiro atoms. The number of carbonyl (C=O) groups excluding carboxylic acids is 1. The number of para-hydroxylation sites is 1. The first-order chi connectivity index (χ1) is 13.7. The van der Waals surface area contributed by atoms with Gasteiger partial charge in [-0.1, -0.05) is 12.1 Å². The minimum Gasteiger partial charge on any atom is -0.507 e. The van der Waals surface area contributed by atoms with E-state index in [1.165, 1.54) is 0 Å². The summed E-state index contributed by atoms with van der Waals surface area (Å²) in [6.45, 7) is 1.43. The van der Waals surface area contributed by atoms with Crippen molar-refractivity contribution in [1.82, 2.24) is 9.88 Å². The van der Waals surface area contributed by atoms with Crippen LogP contribution in [0.15, 0.2) is 52.9 Å². The van der Waals surface area contributed by atoms with Crippen molar-refractivity contribution in [2.75, 3.05) is 20.2 Å². The van der Waals surface area contributed by atoms with Gasteiger partial charge in [0.15, 0.2) is 5.76 Å². The fourth-order valence-corrected chi connectivity index (χ4v) is 3.44. The third kappa shape index (κ3) is 3.45. The Labute approximate surface area is 163 Å². The maximum atomic E-state index is 12.9. The van der Waals surface area contributed by atoms with Gasteiger partial charge in [0, 0.05) is 18.7 Å². The molecule has 0 bridgehead atoms. The minimum absolute atomic E-state index is 0.0472. The lowest BCUT2D eigenvalue weighted by Crippen LogP contribution is -2.35. The monoisotopic (exact) mass is 378 g/mol. The Morgan fingerprint density at radius 3 is 2.46 bits per heavy atom. The van der Waals surface area contributed by atoms with Crippen molar-refractivity contribution >= 4 is 5.91 Å². The van der Waals surface area contributed by atoms with Gasteiger partial charge in [-0.3, -0.25) is 4.79 Å². The molecule has 1 aliphatic heterocycles. The van der Waals surface area contributed by atoms with Crippen molar-refractivity contribution in [3.8, 4) is 34.1 Å². The molecule has 144 valence electrons. The van der Waals surface area contributed by atoms with Crippen LogP contribution in [-0.4, -0.2) is 41.1 Å². The van der Waals surface area contributed by atoms with Gasteiger partial charge in [0.25, 0.3) is 5.89 Å². The molecule has 28 heavy (non-hydrogen) atoms.